The van der Waals surface area contributed by atoms with Gasteiger partial charge in [0.2, 0.25) is 0 Å². The molecule has 2 rings (SSSR count). The van der Waals surface area contributed by atoms with Crippen molar-refractivity contribution in [3.8, 4) is 0 Å². The molecule has 2 heterocycles. The van der Waals surface area contributed by atoms with Crippen molar-refractivity contribution in [3.05, 3.63) is 24.4 Å². The number of nitrogens with zero attached hydrogens (tertiary/aromatic N) is 2. The second kappa shape index (κ2) is 3.00. The predicted molar refractivity (Wildman–Crippen MR) is 53.7 cm³/mol. The van der Waals surface area contributed by atoms with E-state index < -0.39 is 0 Å². The molecule has 1 saturated heterocycles. The Balaban J connectivity index is 2.27. The molecule has 0 unspecified atom stereocenters. The quantitative estimate of drug-likeness (QED) is 0.699. The fourth-order valence-electron chi connectivity index (χ4n) is 1.76. The number of hydrogen-bond acceptors (Lipinski definition) is 3. The van der Waals surface area contributed by atoms with Gasteiger partial charge in [0.25, 0.3) is 0 Å². The van der Waals surface area contributed by atoms with Crippen LogP contribution in [0.1, 0.15) is 13.8 Å². The second-order valence-corrected chi connectivity index (χ2v) is 3.83. The van der Waals surface area contributed by atoms with Crippen LogP contribution in [0.3, 0.4) is 0 Å². The normalized spacial score (nSPS) is 20.6. The average Bonchev–Trinajstić information content (AvgIpc) is 2.47. The summed E-state index contributed by atoms with van der Waals surface area (Å²) >= 11 is 0. The van der Waals surface area contributed by atoms with Gasteiger partial charge < -0.3 is 4.90 Å². The summed E-state index contributed by atoms with van der Waals surface area (Å²) in [5.74, 6) is 1.05. The molecule has 1 aliphatic rings. The predicted octanol–water partition coefficient (Wildman–Crippen LogP) is 1.23. The summed E-state index contributed by atoms with van der Waals surface area (Å²) in [6, 6.07) is 6.02. The molecule has 0 saturated carbocycles. The summed E-state index contributed by atoms with van der Waals surface area (Å²) in [5.41, 5.74) is 0.0361. The first-order valence-corrected chi connectivity index (χ1v) is 4.64. The van der Waals surface area contributed by atoms with Gasteiger partial charge in [-0.1, -0.05) is 6.07 Å². The smallest absolute Gasteiger partial charge is 0.129 e. The highest BCUT2D eigenvalue weighted by atomic mass is 15.4. The summed E-state index contributed by atoms with van der Waals surface area (Å²) in [5, 5.41) is 3.43. The van der Waals surface area contributed by atoms with Crippen LogP contribution in [0.15, 0.2) is 24.4 Å². The molecule has 1 aliphatic heterocycles. The molecule has 1 aromatic rings. The maximum Gasteiger partial charge on any atom is 0.129 e. The fourth-order valence-corrected chi connectivity index (χ4v) is 1.76. The Morgan fingerprint density at radius 1 is 1.46 bits per heavy atom. The van der Waals surface area contributed by atoms with Crippen molar-refractivity contribution in [1.82, 2.24) is 10.3 Å². The molecule has 70 valence electrons. The van der Waals surface area contributed by atoms with Crippen LogP contribution in [0.2, 0.25) is 0 Å². The third kappa shape index (κ3) is 1.52. The first-order chi connectivity index (χ1) is 6.20. The molecule has 0 aromatic carbocycles. The van der Waals surface area contributed by atoms with Crippen LogP contribution >= 0.6 is 0 Å². The molecule has 1 aromatic heterocycles. The van der Waals surface area contributed by atoms with Crippen LogP contribution in [0.25, 0.3) is 0 Å². The van der Waals surface area contributed by atoms with Gasteiger partial charge in [-0.05, 0) is 26.0 Å². The Morgan fingerprint density at radius 3 is 2.85 bits per heavy atom. The van der Waals surface area contributed by atoms with Crippen LogP contribution in [-0.2, 0) is 0 Å². The van der Waals surface area contributed by atoms with E-state index in [-0.39, 0.29) is 5.66 Å². The third-order valence-electron chi connectivity index (χ3n) is 2.49. The van der Waals surface area contributed by atoms with Crippen LogP contribution in [-0.4, -0.2) is 23.7 Å². The van der Waals surface area contributed by atoms with Gasteiger partial charge in [0.05, 0.1) is 5.66 Å². The van der Waals surface area contributed by atoms with Gasteiger partial charge in [0.1, 0.15) is 5.82 Å². The molecule has 0 atom stereocenters. The van der Waals surface area contributed by atoms with E-state index >= 15 is 0 Å². The molecule has 0 radical (unpaired) electrons. The highest BCUT2D eigenvalue weighted by molar-refractivity contribution is 5.42. The van der Waals surface area contributed by atoms with E-state index in [1.807, 2.05) is 18.3 Å². The minimum Gasteiger partial charge on any atom is -0.338 e. The first kappa shape index (κ1) is 8.51. The fraction of sp³-hybridized carbons (Fsp3) is 0.500. The van der Waals surface area contributed by atoms with E-state index in [2.05, 4.69) is 35.1 Å². The van der Waals surface area contributed by atoms with Gasteiger partial charge in [-0.15, -0.1) is 0 Å². The zero-order chi connectivity index (χ0) is 9.31. The van der Waals surface area contributed by atoms with E-state index in [4.69, 9.17) is 0 Å². The van der Waals surface area contributed by atoms with Crippen molar-refractivity contribution in [1.29, 1.82) is 0 Å². The lowest BCUT2D eigenvalue weighted by molar-refractivity contribution is 0.458. The number of nitrogens with one attached hydrogen (secondary N) is 1. The van der Waals surface area contributed by atoms with Crippen molar-refractivity contribution in [2.45, 2.75) is 19.5 Å². The van der Waals surface area contributed by atoms with Gasteiger partial charge in [-0.2, -0.15) is 0 Å². The van der Waals surface area contributed by atoms with Gasteiger partial charge >= 0.3 is 0 Å². The first-order valence-electron chi connectivity index (χ1n) is 4.64. The summed E-state index contributed by atoms with van der Waals surface area (Å²) in [4.78, 5) is 6.63. The number of aromatic nitrogens is 1. The SMILES string of the molecule is CC1(C)NCCN1c1ccccn1. The van der Waals surface area contributed by atoms with Crippen LogP contribution in [0.4, 0.5) is 5.82 Å². The number of pyridine rings is 1. The Hall–Kier alpha value is -1.09. The number of anilines is 1. The maximum atomic E-state index is 4.34. The van der Waals surface area contributed by atoms with Crippen molar-refractivity contribution in [3.63, 3.8) is 0 Å². The lowest BCUT2D eigenvalue weighted by Gasteiger charge is -2.32. The zero-order valence-electron chi connectivity index (χ0n) is 8.12. The highest BCUT2D eigenvalue weighted by Gasteiger charge is 2.31. The molecule has 3 heteroatoms. The molecule has 0 amide bonds. The lowest BCUT2D eigenvalue weighted by Crippen LogP contribution is -2.46. The second-order valence-electron chi connectivity index (χ2n) is 3.83. The van der Waals surface area contributed by atoms with Gasteiger partial charge in [0.15, 0.2) is 0 Å². The van der Waals surface area contributed by atoms with Gasteiger partial charge in [-0.25, -0.2) is 4.98 Å². The van der Waals surface area contributed by atoms with Crippen LogP contribution in [0, 0.1) is 0 Å². The molecular weight excluding hydrogens is 162 g/mol. The number of rotatable bonds is 1. The molecule has 1 fully saturated rings. The number of hydrogen-bond donors (Lipinski definition) is 1. The van der Waals surface area contributed by atoms with Crippen molar-refractivity contribution in [2.24, 2.45) is 0 Å². The molecule has 0 spiro atoms. The van der Waals surface area contributed by atoms with Crippen molar-refractivity contribution >= 4 is 5.82 Å². The van der Waals surface area contributed by atoms with Crippen molar-refractivity contribution < 1.29 is 0 Å². The minimum atomic E-state index is 0.0361. The summed E-state index contributed by atoms with van der Waals surface area (Å²) in [6.07, 6.45) is 1.84. The van der Waals surface area contributed by atoms with E-state index in [1.165, 1.54) is 0 Å². The van der Waals surface area contributed by atoms with Gasteiger partial charge in [0, 0.05) is 19.3 Å². The molecule has 1 N–H and O–H groups in total. The molecule has 3 nitrogen and oxygen atoms in total. The summed E-state index contributed by atoms with van der Waals surface area (Å²) in [7, 11) is 0. The topological polar surface area (TPSA) is 28.2 Å². The standard InChI is InChI=1S/C10H15N3/c1-10(2)12-7-8-13(10)9-5-3-4-6-11-9/h3-6,12H,7-8H2,1-2H3. The average molecular weight is 177 g/mol. The van der Waals surface area contributed by atoms with Gasteiger partial charge in [-0.3, -0.25) is 5.32 Å². The van der Waals surface area contributed by atoms with E-state index in [9.17, 15) is 0 Å². The largest absolute Gasteiger partial charge is 0.338 e. The Morgan fingerprint density at radius 2 is 2.31 bits per heavy atom. The van der Waals surface area contributed by atoms with Crippen molar-refractivity contribution in [2.75, 3.05) is 18.0 Å². The van der Waals surface area contributed by atoms with Crippen LogP contribution in [0.5, 0.6) is 0 Å². The molecule has 0 aliphatic carbocycles. The molecular formula is C10H15N3. The van der Waals surface area contributed by atoms with Crippen LogP contribution < -0.4 is 10.2 Å². The maximum absolute atomic E-state index is 4.34. The monoisotopic (exact) mass is 177 g/mol. The Labute approximate surface area is 78.8 Å². The third-order valence-corrected chi connectivity index (χ3v) is 2.49. The summed E-state index contributed by atoms with van der Waals surface area (Å²) in [6.45, 7) is 6.41. The lowest BCUT2D eigenvalue weighted by atomic mass is 10.2. The highest BCUT2D eigenvalue weighted by Crippen LogP contribution is 2.22. The minimum absolute atomic E-state index is 0.0361. The summed E-state index contributed by atoms with van der Waals surface area (Å²) < 4.78 is 0. The molecule has 0 bridgehead atoms. The Bertz CT molecular complexity index is 281. The van der Waals surface area contributed by atoms with E-state index in [0.29, 0.717) is 0 Å². The molecule has 13 heavy (non-hydrogen) atoms. The van der Waals surface area contributed by atoms with E-state index in [1.54, 1.807) is 0 Å². The Kier molecular flexibility index (Phi) is 1.96. The zero-order valence-corrected chi connectivity index (χ0v) is 8.12. The van der Waals surface area contributed by atoms with E-state index in [0.717, 1.165) is 18.9 Å².